The van der Waals surface area contributed by atoms with E-state index in [0.29, 0.717) is 17.3 Å². The fourth-order valence-electron chi connectivity index (χ4n) is 10.6. The molecule has 4 fully saturated rings. The minimum absolute atomic E-state index is 0.0356. The molecule has 3 heteroatoms. The molecule has 2 nitrogen and oxygen atoms in total. The number of hydrogen-bond donors (Lipinski definition) is 0. The molecule has 0 radical (unpaired) electrons. The van der Waals surface area contributed by atoms with E-state index in [9.17, 15) is 4.79 Å². The predicted molar refractivity (Wildman–Crippen MR) is 176 cm³/mol. The van der Waals surface area contributed by atoms with E-state index in [1.165, 1.54) is 81.5 Å². The summed E-state index contributed by atoms with van der Waals surface area (Å²) < 4.78 is 6.76. The first kappa shape index (κ1) is 33.7. The van der Waals surface area contributed by atoms with Crippen molar-refractivity contribution in [2.24, 2.45) is 58.2 Å². The first-order chi connectivity index (χ1) is 18.2. The van der Waals surface area contributed by atoms with Gasteiger partial charge in [0.1, 0.15) is 5.60 Å². The van der Waals surface area contributed by atoms with Gasteiger partial charge in [-0.05, 0) is 141 Å². The summed E-state index contributed by atoms with van der Waals surface area (Å²) in [5.41, 5.74) is 0.902. The molecule has 0 N–H and O–H groups in total. The number of esters is 1. The van der Waals surface area contributed by atoms with Crippen LogP contribution in [-0.4, -0.2) is 16.0 Å². The first-order valence-corrected chi connectivity index (χ1v) is 18.5. The Bertz CT molecular complexity index is 773. The molecule has 10 atom stereocenters. The minimum atomic E-state index is -0.354. The van der Waals surface area contributed by atoms with Crippen LogP contribution in [0.15, 0.2) is 0 Å². The molecule has 4 aliphatic carbocycles. The Balaban J connectivity index is 0.000000230. The van der Waals surface area contributed by atoms with Crippen molar-refractivity contribution < 1.29 is 9.53 Å². The Hall–Kier alpha value is 0.200. The van der Waals surface area contributed by atoms with Crippen molar-refractivity contribution in [3.8, 4) is 0 Å². The maximum absolute atomic E-state index is 11.9. The van der Waals surface area contributed by atoms with Crippen molar-refractivity contribution in [1.82, 2.24) is 0 Å². The second-order valence-corrected chi connectivity index (χ2v) is 17.3. The van der Waals surface area contributed by atoms with Crippen LogP contribution in [0.1, 0.15) is 152 Å². The van der Waals surface area contributed by atoms with Crippen molar-refractivity contribution in [3.05, 3.63) is 0 Å². The molecule has 4 aliphatic rings. The zero-order chi connectivity index (χ0) is 29.0. The molecule has 4 rings (SSSR count). The molecule has 0 spiro atoms. The Morgan fingerprint density at radius 1 is 0.821 bits per heavy atom. The van der Waals surface area contributed by atoms with Gasteiger partial charge < -0.3 is 4.74 Å². The SMILES string of the molecule is C[C@H](CCCC(=O)OC(C)(C)C)[C@H]1CC[C@H]2[C@H](C)CCC[C@]12C.C[C@H](CCI)[C@H]1CC[C@H]2[C@H](C)CCC[C@]12C. The topological polar surface area (TPSA) is 26.3 Å². The second-order valence-electron chi connectivity index (χ2n) is 16.2. The maximum atomic E-state index is 11.9. The lowest BCUT2D eigenvalue weighted by atomic mass is 9.59. The van der Waals surface area contributed by atoms with Crippen LogP contribution >= 0.6 is 22.6 Å². The van der Waals surface area contributed by atoms with Gasteiger partial charge in [-0.3, -0.25) is 4.79 Å². The van der Waals surface area contributed by atoms with Gasteiger partial charge in [-0.15, -0.1) is 0 Å². The number of carbonyl (C=O) groups excluding carboxylic acids is 1. The lowest BCUT2D eigenvalue weighted by Gasteiger charge is -2.46. The number of ether oxygens (including phenoxy) is 1. The van der Waals surface area contributed by atoms with Crippen molar-refractivity contribution in [1.29, 1.82) is 0 Å². The maximum Gasteiger partial charge on any atom is 0.306 e. The lowest BCUT2D eigenvalue weighted by Crippen LogP contribution is -2.38. The summed E-state index contributed by atoms with van der Waals surface area (Å²) in [5.74, 6) is 7.42. The van der Waals surface area contributed by atoms with Crippen LogP contribution in [-0.2, 0) is 9.53 Å². The first-order valence-electron chi connectivity index (χ1n) is 17.0. The van der Waals surface area contributed by atoms with Gasteiger partial charge >= 0.3 is 5.97 Å². The molecule has 0 aromatic heterocycles. The molecule has 39 heavy (non-hydrogen) atoms. The third-order valence-corrected chi connectivity index (χ3v) is 13.1. The molecule has 0 bridgehead atoms. The van der Waals surface area contributed by atoms with Crippen molar-refractivity contribution in [3.63, 3.8) is 0 Å². The summed E-state index contributed by atoms with van der Waals surface area (Å²) in [6.07, 6.45) is 18.8. The molecule has 0 aliphatic heterocycles. The normalized spacial score (nSPS) is 39.6. The summed E-state index contributed by atoms with van der Waals surface area (Å²) in [5, 5.41) is 0. The van der Waals surface area contributed by atoms with E-state index in [1.807, 2.05) is 20.8 Å². The van der Waals surface area contributed by atoms with Crippen LogP contribution in [0.25, 0.3) is 0 Å². The highest BCUT2D eigenvalue weighted by Crippen LogP contribution is 2.61. The average Bonchev–Trinajstić information content (AvgIpc) is 3.37. The Morgan fingerprint density at radius 2 is 1.28 bits per heavy atom. The molecule has 0 saturated heterocycles. The summed E-state index contributed by atoms with van der Waals surface area (Å²) in [4.78, 5) is 11.9. The standard InChI is InChI=1S/C21H38O2.C15H27I/c1-15(9-7-11-19(22)23-20(3,4)5)17-12-13-18-16(2)10-8-14-21(17,18)6;1-11-5-4-9-15(3)13(11)6-7-14(15)12(2)8-10-16/h15-18H,7-14H2,1-6H3;11-14H,4-10H2,1-3H3/t15-,16-,17-,18+,21-;11-,12-,13+,14-,15+/m11/s1. The molecule has 0 heterocycles. The average molecular weight is 657 g/mol. The zero-order valence-electron chi connectivity index (χ0n) is 27.4. The fraction of sp³-hybridized carbons (Fsp3) is 0.972. The van der Waals surface area contributed by atoms with E-state index in [0.717, 1.165) is 53.8 Å². The summed E-state index contributed by atoms with van der Waals surface area (Å²) in [6.45, 7) is 20.9. The highest BCUT2D eigenvalue weighted by Gasteiger charge is 2.52. The van der Waals surface area contributed by atoms with E-state index in [4.69, 9.17) is 4.74 Å². The third-order valence-electron chi connectivity index (χ3n) is 12.5. The molecular formula is C36H65IO2. The van der Waals surface area contributed by atoms with Crippen molar-refractivity contribution in [2.45, 2.75) is 158 Å². The van der Waals surface area contributed by atoms with E-state index in [-0.39, 0.29) is 11.6 Å². The molecule has 4 saturated carbocycles. The van der Waals surface area contributed by atoms with Crippen molar-refractivity contribution in [2.75, 3.05) is 4.43 Å². The quantitative estimate of drug-likeness (QED) is 0.148. The van der Waals surface area contributed by atoms with Gasteiger partial charge in [0.05, 0.1) is 0 Å². The summed E-state index contributed by atoms with van der Waals surface area (Å²) >= 11 is 2.55. The van der Waals surface area contributed by atoms with Gasteiger partial charge in [-0.1, -0.05) is 89.8 Å². The van der Waals surface area contributed by atoms with Gasteiger partial charge in [0.15, 0.2) is 0 Å². The highest BCUT2D eigenvalue weighted by atomic mass is 127. The van der Waals surface area contributed by atoms with Gasteiger partial charge in [-0.2, -0.15) is 0 Å². The molecule has 0 unspecified atom stereocenters. The highest BCUT2D eigenvalue weighted by molar-refractivity contribution is 14.1. The van der Waals surface area contributed by atoms with Crippen LogP contribution in [0.4, 0.5) is 0 Å². The van der Waals surface area contributed by atoms with Gasteiger partial charge in [-0.25, -0.2) is 0 Å². The van der Waals surface area contributed by atoms with Crippen LogP contribution in [0, 0.1) is 58.2 Å². The van der Waals surface area contributed by atoms with Crippen molar-refractivity contribution >= 4 is 28.6 Å². The molecule has 228 valence electrons. The number of halogens is 1. The fourth-order valence-corrected chi connectivity index (χ4v) is 11.6. The van der Waals surface area contributed by atoms with Crippen LogP contribution in [0.5, 0.6) is 0 Å². The van der Waals surface area contributed by atoms with Gasteiger partial charge in [0, 0.05) is 6.42 Å². The third kappa shape index (κ3) is 8.19. The number of hydrogen-bond acceptors (Lipinski definition) is 2. The minimum Gasteiger partial charge on any atom is -0.460 e. The number of fused-ring (bicyclic) bond motifs is 2. The molecule has 0 aromatic carbocycles. The summed E-state index contributed by atoms with van der Waals surface area (Å²) in [7, 11) is 0. The monoisotopic (exact) mass is 656 g/mol. The Labute approximate surface area is 257 Å². The van der Waals surface area contributed by atoms with Crippen LogP contribution in [0.3, 0.4) is 0 Å². The predicted octanol–water partition coefficient (Wildman–Crippen LogP) is 11.3. The number of alkyl halides is 1. The lowest BCUT2D eigenvalue weighted by molar-refractivity contribution is -0.155. The Morgan fingerprint density at radius 3 is 1.72 bits per heavy atom. The largest absolute Gasteiger partial charge is 0.460 e. The van der Waals surface area contributed by atoms with Crippen LogP contribution in [0.2, 0.25) is 0 Å². The molecular weight excluding hydrogens is 591 g/mol. The van der Waals surface area contributed by atoms with E-state index in [2.05, 4.69) is 64.1 Å². The summed E-state index contributed by atoms with van der Waals surface area (Å²) in [6, 6.07) is 0. The van der Waals surface area contributed by atoms with Gasteiger partial charge in [0.2, 0.25) is 0 Å². The molecule has 0 amide bonds. The second kappa shape index (κ2) is 14.1. The molecule has 0 aromatic rings. The van der Waals surface area contributed by atoms with E-state index >= 15 is 0 Å². The smallest absolute Gasteiger partial charge is 0.306 e. The van der Waals surface area contributed by atoms with E-state index < -0.39 is 0 Å². The number of rotatable bonds is 8. The Kier molecular flexibility index (Phi) is 12.2. The van der Waals surface area contributed by atoms with E-state index in [1.54, 1.807) is 0 Å². The van der Waals surface area contributed by atoms with Gasteiger partial charge in [0.25, 0.3) is 0 Å². The number of carbonyl (C=O) groups is 1. The van der Waals surface area contributed by atoms with Crippen LogP contribution < -0.4 is 0 Å². The zero-order valence-corrected chi connectivity index (χ0v) is 29.6.